The first-order chi connectivity index (χ1) is 12.9. The van der Waals surface area contributed by atoms with Crippen LogP contribution in [-0.4, -0.2) is 21.5 Å². The smallest absolute Gasteiger partial charge is 0.307 e. The molecule has 3 nitrogen and oxygen atoms in total. The second-order valence-corrected chi connectivity index (χ2v) is 8.99. The summed E-state index contributed by atoms with van der Waals surface area (Å²) >= 11 is 0. The highest BCUT2D eigenvalue weighted by Crippen LogP contribution is 2.66. The number of halogens is 3. The van der Waals surface area contributed by atoms with Crippen molar-refractivity contribution in [3.63, 3.8) is 0 Å². The summed E-state index contributed by atoms with van der Waals surface area (Å²) in [7, 11) is 0. The Hall–Kier alpha value is -1.82. The molecular formula is C21H24F3N3. The lowest BCUT2D eigenvalue weighted by molar-refractivity contribution is -0.278. The zero-order chi connectivity index (χ0) is 18.7. The van der Waals surface area contributed by atoms with Crippen molar-refractivity contribution < 1.29 is 13.2 Å². The minimum Gasteiger partial charge on any atom is -0.307 e. The molecule has 1 aromatic heterocycles. The average Bonchev–Trinajstić information content (AvgIpc) is 3.13. The molecule has 1 aromatic carbocycles. The van der Waals surface area contributed by atoms with E-state index in [-0.39, 0.29) is 23.8 Å². The number of benzene rings is 1. The van der Waals surface area contributed by atoms with E-state index in [4.69, 9.17) is 0 Å². The first-order valence-corrected chi connectivity index (χ1v) is 9.77. The molecule has 0 amide bonds. The van der Waals surface area contributed by atoms with Crippen molar-refractivity contribution >= 4 is 0 Å². The van der Waals surface area contributed by atoms with E-state index >= 15 is 0 Å². The highest BCUT2D eigenvalue weighted by molar-refractivity contribution is 5.35. The van der Waals surface area contributed by atoms with Crippen LogP contribution < -0.4 is 5.32 Å². The number of aromatic nitrogens is 2. The second kappa shape index (κ2) is 5.84. The number of hydrogen-bond acceptors (Lipinski definition) is 2. The molecule has 2 aromatic rings. The monoisotopic (exact) mass is 375 g/mol. The van der Waals surface area contributed by atoms with Gasteiger partial charge in [-0.3, -0.25) is 0 Å². The minimum atomic E-state index is -4.09. The van der Waals surface area contributed by atoms with Crippen LogP contribution in [0.3, 0.4) is 0 Å². The van der Waals surface area contributed by atoms with Crippen LogP contribution >= 0.6 is 0 Å². The molecule has 6 heteroatoms. The van der Waals surface area contributed by atoms with Crippen molar-refractivity contribution in [3.05, 3.63) is 48.3 Å². The van der Waals surface area contributed by atoms with Gasteiger partial charge in [0, 0.05) is 24.5 Å². The minimum absolute atomic E-state index is 0.218. The van der Waals surface area contributed by atoms with Crippen molar-refractivity contribution in [1.82, 2.24) is 15.1 Å². The molecule has 1 N–H and O–H groups in total. The Morgan fingerprint density at radius 1 is 1.11 bits per heavy atom. The molecule has 2 atom stereocenters. The molecule has 4 aliphatic rings. The number of alkyl halides is 3. The summed E-state index contributed by atoms with van der Waals surface area (Å²) in [6.45, 7) is 0.600. The maximum Gasteiger partial charge on any atom is 0.394 e. The van der Waals surface area contributed by atoms with Gasteiger partial charge in [0.25, 0.3) is 0 Å². The molecule has 0 spiro atoms. The number of nitrogens with one attached hydrogen (secondary N) is 1. The third kappa shape index (κ3) is 2.89. The van der Waals surface area contributed by atoms with Gasteiger partial charge in [-0.2, -0.15) is 18.3 Å². The Bertz CT molecular complexity index is 813. The van der Waals surface area contributed by atoms with Gasteiger partial charge in [-0.25, -0.2) is 4.68 Å². The van der Waals surface area contributed by atoms with E-state index < -0.39 is 11.6 Å². The molecule has 6 rings (SSSR count). The largest absolute Gasteiger partial charge is 0.394 e. The maximum atomic E-state index is 13.9. The predicted octanol–water partition coefficient (Wildman–Crippen LogP) is 4.86. The fourth-order valence-electron chi connectivity index (χ4n) is 6.32. The highest BCUT2D eigenvalue weighted by atomic mass is 19.4. The lowest BCUT2D eigenvalue weighted by Crippen LogP contribution is -2.65. The van der Waals surface area contributed by atoms with E-state index in [1.54, 1.807) is 10.9 Å². The summed E-state index contributed by atoms with van der Waals surface area (Å²) in [5.74, 6) is 0.437. The van der Waals surface area contributed by atoms with E-state index in [1.165, 1.54) is 0 Å². The van der Waals surface area contributed by atoms with Crippen molar-refractivity contribution in [2.24, 2.45) is 17.3 Å². The Labute approximate surface area is 157 Å². The van der Waals surface area contributed by atoms with Crippen LogP contribution in [0.5, 0.6) is 0 Å². The molecule has 4 bridgehead atoms. The maximum absolute atomic E-state index is 13.9. The summed E-state index contributed by atoms with van der Waals surface area (Å²) in [6, 6.07) is 9.92. The zero-order valence-corrected chi connectivity index (χ0v) is 15.2. The molecule has 4 saturated carbocycles. The van der Waals surface area contributed by atoms with Gasteiger partial charge >= 0.3 is 6.18 Å². The molecular weight excluding hydrogens is 351 g/mol. The average molecular weight is 375 g/mol. The summed E-state index contributed by atoms with van der Waals surface area (Å²) in [6.07, 6.45) is 3.22. The Kier molecular flexibility index (Phi) is 3.74. The van der Waals surface area contributed by atoms with Crippen molar-refractivity contribution in [2.45, 2.75) is 56.8 Å². The topological polar surface area (TPSA) is 29.9 Å². The molecule has 0 radical (unpaired) electrons. The van der Waals surface area contributed by atoms with Crippen LogP contribution in [0, 0.1) is 17.3 Å². The Morgan fingerprint density at radius 3 is 2.56 bits per heavy atom. The first-order valence-electron chi connectivity index (χ1n) is 9.77. The summed E-state index contributed by atoms with van der Waals surface area (Å²) in [4.78, 5) is 0. The summed E-state index contributed by atoms with van der Waals surface area (Å²) < 4.78 is 43.5. The predicted molar refractivity (Wildman–Crippen MR) is 96.3 cm³/mol. The number of nitrogens with zero attached hydrogens (tertiary/aromatic N) is 2. The van der Waals surface area contributed by atoms with E-state index in [0.717, 1.165) is 30.5 Å². The van der Waals surface area contributed by atoms with Crippen LogP contribution in [0.4, 0.5) is 13.2 Å². The van der Waals surface area contributed by atoms with Crippen LogP contribution in [0.15, 0.2) is 42.7 Å². The Morgan fingerprint density at radius 2 is 1.89 bits per heavy atom. The molecule has 27 heavy (non-hydrogen) atoms. The fraction of sp³-hybridized carbons (Fsp3) is 0.571. The van der Waals surface area contributed by atoms with Crippen LogP contribution in [-0.2, 0) is 6.54 Å². The first kappa shape index (κ1) is 17.3. The SMILES string of the molecule is FC(F)(F)C12CC3CC(CC(NCc4cccc(-n5cccn5)c4)(C3)C1)C2. The summed E-state index contributed by atoms with van der Waals surface area (Å²) in [5, 5.41) is 7.83. The van der Waals surface area contributed by atoms with Crippen LogP contribution in [0.1, 0.15) is 44.1 Å². The quantitative estimate of drug-likeness (QED) is 0.827. The molecule has 144 valence electrons. The van der Waals surface area contributed by atoms with Crippen LogP contribution in [0.25, 0.3) is 5.69 Å². The van der Waals surface area contributed by atoms with Gasteiger partial charge < -0.3 is 5.32 Å². The third-order valence-electron chi connectivity index (χ3n) is 7.01. The van der Waals surface area contributed by atoms with Gasteiger partial charge in [-0.1, -0.05) is 12.1 Å². The van der Waals surface area contributed by atoms with E-state index in [9.17, 15) is 13.2 Å². The second-order valence-electron chi connectivity index (χ2n) is 8.99. The van der Waals surface area contributed by atoms with Gasteiger partial charge in [0.1, 0.15) is 0 Å². The lowest BCUT2D eigenvalue weighted by atomic mass is 9.46. The number of rotatable bonds is 4. The van der Waals surface area contributed by atoms with E-state index in [1.807, 2.05) is 30.5 Å². The zero-order valence-electron chi connectivity index (χ0n) is 15.2. The fourth-order valence-corrected chi connectivity index (χ4v) is 6.32. The van der Waals surface area contributed by atoms with Gasteiger partial charge in [0.05, 0.1) is 11.1 Å². The van der Waals surface area contributed by atoms with Crippen molar-refractivity contribution in [3.8, 4) is 5.69 Å². The van der Waals surface area contributed by atoms with E-state index in [0.29, 0.717) is 19.4 Å². The van der Waals surface area contributed by atoms with Crippen LogP contribution in [0.2, 0.25) is 0 Å². The highest BCUT2D eigenvalue weighted by Gasteiger charge is 2.67. The molecule has 2 unspecified atom stereocenters. The molecule has 4 fully saturated rings. The van der Waals surface area contributed by atoms with E-state index in [2.05, 4.69) is 16.5 Å². The Balaban J connectivity index is 1.36. The van der Waals surface area contributed by atoms with Gasteiger partial charge in [0.15, 0.2) is 0 Å². The molecule has 1 heterocycles. The van der Waals surface area contributed by atoms with Gasteiger partial charge in [0.2, 0.25) is 0 Å². The van der Waals surface area contributed by atoms with Gasteiger partial charge in [-0.05, 0) is 74.1 Å². The standard InChI is InChI=1S/C21H24F3N3/c22-21(23,24)19-9-16-7-17(10-19)12-20(11-16,14-19)25-13-15-3-1-4-18(8-15)27-6-2-5-26-27/h1-6,8,16-17,25H,7,9-14H2. The normalized spacial score (nSPS) is 34.9. The third-order valence-corrected chi connectivity index (χ3v) is 7.01. The van der Waals surface area contributed by atoms with Crippen molar-refractivity contribution in [2.75, 3.05) is 0 Å². The number of hydrogen-bond donors (Lipinski definition) is 1. The summed E-state index contributed by atoms with van der Waals surface area (Å²) in [5.41, 5.74) is 0.235. The lowest BCUT2D eigenvalue weighted by Gasteiger charge is -2.62. The molecule has 0 saturated heterocycles. The molecule has 4 aliphatic carbocycles. The van der Waals surface area contributed by atoms with Gasteiger partial charge in [-0.15, -0.1) is 0 Å². The van der Waals surface area contributed by atoms with Crippen molar-refractivity contribution in [1.29, 1.82) is 0 Å². The molecule has 0 aliphatic heterocycles.